The summed E-state index contributed by atoms with van der Waals surface area (Å²) in [6.07, 6.45) is 1.18. The highest BCUT2D eigenvalue weighted by Crippen LogP contribution is 2.34. The van der Waals surface area contributed by atoms with E-state index in [4.69, 9.17) is 0 Å². The predicted molar refractivity (Wildman–Crippen MR) is 83.9 cm³/mol. The summed E-state index contributed by atoms with van der Waals surface area (Å²) in [6, 6.07) is 10.0. The summed E-state index contributed by atoms with van der Waals surface area (Å²) in [7, 11) is 0. The van der Waals surface area contributed by atoms with Gasteiger partial charge in [-0.1, -0.05) is 45.9 Å². The Morgan fingerprint density at radius 2 is 2.00 bits per heavy atom. The molecule has 19 heavy (non-hydrogen) atoms. The third kappa shape index (κ3) is 3.50. The molecule has 0 saturated carbocycles. The fraction of sp³-hybridized carbons (Fsp3) is 0.647. The number of para-hydroxylation sites is 1. The Morgan fingerprint density at radius 3 is 2.68 bits per heavy atom. The van der Waals surface area contributed by atoms with Crippen LogP contribution in [-0.2, 0) is 6.42 Å². The molecule has 2 heteroatoms. The summed E-state index contributed by atoms with van der Waals surface area (Å²) in [5, 5.41) is 3.57. The third-order valence-corrected chi connectivity index (χ3v) is 3.94. The number of rotatable bonds is 5. The van der Waals surface area contributed by atoms with Gasteiger partial charge < -0.3 is 10.2 Å². The molecular formula is C17H28N2. The molecule has 1 aromatic carbocycles. The summed E-state index contributed by atoms with van der Waals surface area (Å²) in [5.41, 5.74) is 3.23. The van der Waals surface area contributed by atoms with Crippen molar-refractivity contribution >= 4 is 5.69 Å². The second kappa shape index (κ2) is 5.54. The van der Waals surface area contributed by atoms with Crippen molar-refractivity contribution in [3.63, 3.8) is 0 Å². The van der Waals surface area contributed by atoms with Crippen molar-refractivity contribution in [1.82, 2.24) is 5.32 Å². The lowest BCUT2D eigenvalue weighted by Crippen LogP contribution is -2.44. The molecule has 1 unspecified atom stereocenters. The molecule has 0 amide bonds. The largest absolute Gasteiger partial charge is 0.368 e. The Labute approximate surface area is 118 Å². The molecular weight excluding hydrogens is 232 g/mol. The lowest BCUT2D eigenvalue weighted by atomic mass is 9.92. The number of benzene rings is 1. The van der Waals surface area contributed by atoms with E-state index in [1.807, 2.05) is 0 Å². The molecule has 0 bridgehead atoms. The maximum absolute atomic E-state index is 3.57. The van der Waals surface area contributed by atoms with Gasteiger partial charge >= 0.3 is 0 Å². The molecule has 0 aromatic heterocycles. The summed E-state index contributed by atoms with van der Waals surface area (Å²) < 4.78 is 0. The first-order valence-electron chi connectivity index (χ1n) is 7.47. The van der Waals surface area contributed by atoms with Crippen molar-refractivity contribution in [2.45, 2.75) is 53.1 Å². The van der Waals surface area contributed by atoms with Crippen LogP contribution in [0.1, 0.15) is 40.2 Å². The Bertz CT molecular complexity index is 423. The quantitative estimate of drug-likeness (QED) is 0.872. The fourth-order valence-electron chi connectivity index (χ4n) is 2.87. The van der Waals surface area contributed by atoms with Gasteiger partial charge in [0.15, 0.2) is 0 Å². The van der Waals surface area contributed by atoms with Gasteiger partial charge in [-0.2, -0.15) is 0 Å². The second-order valence-corrected chi connectivity index (χ2v) is 7.01. The van der Waals surface area contributed by atoms with Gasteiger partial charge in [0.05, 0.1) is 0 Å². The van der Waals surface area contributed by atoms with E-state index in [1.165, 1.54) is 17.7 Å². The van der Waals surface area contributed by atoms with Gasteiger partial charge in [-0.15, -0.1) is 0 Å². The van der Waals surface area contributed by atoms with E-state index in [-0.39, 0.29) is 5.41 Å². The van der Waals surface area contributed by atoms with Crippen LogP contribution in [0, 0.1) is 5.41 Å². The number of hydrogen-bond acceptors (Lipinski definition) is 2. The van der Waals surface area contributed by atoms with Crippen LogP contribution in [0.25, 0.3) is 0 Å². The van der Waals surface area contributed by atoms with Gasteiger partial charge in [0.25, 0.3) is 0 Å². The smallest absolute Gasteiger partial charge is 0.0402 e. The molecule has 1 aliphatic rings. The van der Waals surface area contributed by atoms with E-state index in [2.05, 4.69) is 69.1 Å². The van der Waals surface area contributed by atoms with Crippen LogP contribution in [0.4, 0.5) is 5.69 Å². The molecule has 0 spiro atoms. The second-order valence-electron chi connectivity index (χ2n) is 7.01. The van der Waals surface area contributed by atoms with Crippen molar-refractivity contribution in [3.05, 3.63) is 29.8 Å². The van der Waals surface area contributed by atoms with Crippen molar-refractivity contribution in [2.24, 2.45) is 5.41 Å². The van der Waals surface area contributed by atoms with Crippen molar-refractivity contribution in [1.29, 1.82) is 0 Å². The summed E-state index contributed by atoms with van der Waals surface area (Å²) in [5.74, 6) is 0. The Balaban J connectivity index is 2.06. The highest BCUT2D eigenvalue weighted by Gasteiger charge is 2.30. The van der Waals surface area contributed by atoms with Gasteiger partial charge in [0.2, 0.25) is 0 Å². The average Bonchev–Trinajstić information content (AvgIpc) is 2.64. The fourth-order valence-corrected chi connectivity index (χ4v) is 2.87. The SMILES string of the molecule is CC(C)NCC(C)(C)CN1c2ccccc2CC1C. The standard InChI is InChI=1S/C17H28N2/c1-13(2)18-11-17(4,5)12-19-14(3)10-15-8-6-7-9-16(15)19/h6-9,13-14,18H,10-12H2,1-5H3. The van der Waals surface area contributed by atoms with Crippen LogP contribution in [0.2, 0.25) is 0 Å². The van der Waals surface area contributed by atoms with Gasteiger partial charge in [0.1, 0.15) is 0 Å². The van der Waals surface area contributed by atoms with Crippen LogP contribution < -0.4 is 10.2 Å². The Morgan fingerprint density at radius 1 is 1.32 bits per heavy atom. The zero-order valence-corrected chi connectivity index (χ0v) is 13.0. The summed E-state index contributed by atoms with van der Waals surface area (Å²) in [6.45, 7) is 13.7. The zero-order chi connectivity index (χ0) is 14.0. The number of fused-ring (bicyclic) bond motifs is 1. The van der Waals surface area contributed by atoms with E-state index in [0.717, 1.165) is 13.1 Å². The minimum atomic E-state index is 0.288. The van der Waals surface area contributed by atoms with Crippen LogP contribution in [0.5, 0.6) is 0 Å². The number of nitrogens with one attached hydrogen (secondary N) is 1. The van der Waals surface area contributed by atoms with Gasteiger partial charge in [-0.25, -0.2) is 0 Å². The highest BCUT2D eigenvalue weighted by atomic mass is 15.2. The molecule has 1 atom stereocenters. The average molecular weight is 260 g/mol. The van der Waals surface area contributed by atoms with E-state index in [0.29, 0.717) is 12.1 Å². The van der Waals surface area contributed by atoms with Crippen LogP contribution in [0.15, 0.2) is 24.3 Å². The first-order chi connectivity index (χ1) is 8.89. The zero-order valence-electron chi connectivity index (χ0n) is 13.0. The van der Waals surface area contributed by atoms with Crippen molar-refractivity contribution in [2.75, 3.05) is 18.0 Å². The third-order valence-electron chi connectivity index (χ3n) is 3.94. The maximum Gasteiger partial charge on any atom is 0.0402 e. The number of hydrogen-bond donors (Lipinski definition) is 1. The van der Waals surface area contributed by atoms with Crippen LogP contribution in [0.3, 0.4) is 0 Å². The molecule has 1 N–H and O–H groups in total. The molecule has 0 aliphatic carbocycles. The molecule has 1 aromatic rings. The molecule has 0 fully saturated rings. The molecule has 1 aliphatic heterocycles. The van der Waals surface area contributed by atoms with Crippen molar-refractivity contribution < 1.29 is 0 Å². The molecule has 0 radical (unpaired) electrons. The minimum Gasteiger partial charge on any atom is -0.368 e. The number of nitrogens with zero attached hydrogens (tertiary/aromatic N) is 1. The van der Waals surface area contributed by atoms with E-state index >= 15 is 0 Å². The van der Waals surface area contributed by atoms with Gasteiger partial charge in [-0.05, 0) is 30.4 Å². The number of anilines is 1. The molecule has 2 nitrogen and oxygen atoms in total. The lowest BCUT2D eigenvalue weighted by molar-refractivity contribution is 0.324. The first-order valence-corrected chi connectivity index (χ1v) is 7.47. The van der Waals surface area contributed by atoms with Gasteiger partial charge in [0, 0.05) is 30.9 Å². The highest BCUT2D eigenvalue weighted by molar-refractivity contribution is 5.59. The van der Waals surface area contributed by atoms with E-state index < -0.39 is 0 Å². The molecule has 2 rings (SSSR count). The topological polar surface area (TPSA) is 15.3 Å². The van der Waals surface area contributed by atoms with Crippen molar-refractivity contribution in [3.8, 4) is 0 Å². The van der Waals surface area contributed by atoms with Gasteiger partial charge in [-0.3, -0.25) is 0 Å². The lowest BCUT2D eigenvalue weighted by Gasteiger charge is -2.35. The Kier molecular flexibility index (Phi) is 4.19. The van der Waals surface area contributed by atoms with E-state index in [1.54, 1.807) is 0 Å². The van der Waals surface area contributed by atoms with Crippen LogP contribution in [-0.4, -0.2) is 25.2 Å². The predicted octanol–water partition coefficient (Wildman–Crippen LogP) is 3.46. The molecule has 1 heterocycles. The maximum atomic E-state index is 3.57. The Hall–Kier alpha value is -1.02. The minimum absolute atomic E-state index is 0.288. The summed E-state index contributed by atoms with van der Waals surface area (Å²) in [4.78, 5) is 2.58. The molecule has 106 valence electrons. The first kappa shape index (κ1) is 14.4. The normalized spacial score (nSPS) is 19.1. The van der Waals surface area contributed by atoms with Crippen LogP contribution >= 0.6 is 0 Å². The van der Waals surface area contributed by atoms with E-state index in [9.17, 15) is 0 Å². The monoisotopic (exact) mass is 260 g/mol. The summed E-state index contributed by atoms with van der Waals surface area (Å²) >= 11 is 0. The molecule has 0 saturated heterocycles.